The summed E-state index contributed by atoms with van der Waals surface area (Å²) in [5.41, 5.74) is 10.1. The summed E-state index contributed by atoms with van der Waals surface area (Å²) < 4.78 is 0. The van der Waals surface area contributed by atoms with Crippen molar-refractivity contribution in [3.63, 3.8) is 0 Å². The minimum Gasteiger partial charge on any atom is -0.261 e. The number of azide groups is 1. The molecule has 0 unspecified atom stereocenters. The van der Waals surface area contributed by atoms with Crippen molar-refractivity contribution in [2.75, 3.05) is 0 Å². The highest BCUT2D eigenvalue weighted by Crippen LogP contribution is 2.07. The van der Waals surface area contributed by atoms with Gasteiger partial charge in [-0.25, -0.2) is 0 Å². The van der Waals surface area contributed by atoms with Gasteiger partial charge in [0, 0.05) is 16.8 Å². The van der Waals surface area contributed by atoms with Crippen LogP contribution < -0.4 is 0 Å². The van der Waals surface area contributed by atoms with Gasteiger partial charge in [-0.1, -0.05) is 18.1 Å². The van der Waals surface area contributed by atoms with Crippen LogP contribution >= 0.6 is 0 Å². The molecular weight excluding hydrogens is 152 g/mol. The quantitative estimate of drug-likeness (QED) is 0.382. The predicted molar refractivity (Wildman–Crippen MR) is 46.5 cm³/mol. The zero-order chi connectivity index (χ0) is 8.81. The lowest BCUT2D eigenvalue weighted by Gasteiger charge is -2.01. The molecule has 0 saturated heterocycles. The minimum absolute atomic E-state index is 0.396. The van der Waals surface area contributed by atoms with E-state index in [9.17, 15) is 0 Å². The summed E-state index contributed by atoms with van der Waals surface area (Å²) in [5.74, 6) is 0. The van der Waals surface area contributed by atoms with Gasteiger partial charge in [-0.3, -0.25) is 4.98 Å². The predicted octanol–water partition coefficient (Wildman–Crippen LogP) is 2.45. The second kappa shape index (κ2) is 4.36. The molecule has 1 aromatic rings. The van der Waals surface area contributed by atoms with Crippen molar-refractivity contribution in [1.29, 1.82) is 0 Å². The Morgan fingerprint density at radius 1 is 1.67 bits per heavy atom. The second-order valence-corrected chi connectivity index (χ2v) is 2.35. The third kappa shape index (κ3) is 1.97. The fraction of sp³-hybridized carbons (Fsp3) is 0.375. The third-order valence-electron chi connectivity index (χ3n) is 1.62. The molecule has 62 valence electrons. The Balaban J connectivity index is 2.88. The maximum absolute atomic E-state index is 8.13. The van der Waals surface area contributed by atoms with E-state index in [4.69, 9.17) is 5.53 Å². The Hall–Kier alpha value is -1.54. The Morgan fingerprint density at radius 2 is 2.50 bits per heavy atom. The molecule has 1 aromatic heterocycles. The van der Waals surface area contributed by atoms with Gasteiger partial charge in [-0.2, -0.15) is 0 Å². The summed E-state index contributed by atoms with van der Waals surface area (Å²) in [7, 11) is 0. The van der Waals surface area contributed by atoms with Crippen LogP contribution in [0.2, 0.25) is 0 Å². The van der Waals surface area contributed by atoms with Crippen LogP contribution in [0.4, 0.5) is 0 Å². The van der Waals surface area contributed by atoms with E-state index in [0.717, 1.165) is 17.7 Å². The van der Waals surface area contributed by atoms with Crippen LogP contribution in [0, 0.1) is 0 Å². The fourth-order valence-electron chi connectivity index (χ4n) is 1.04. The molecule has 0 saturated carbocycles. The summed E-state index contributed by atoms with van der Waals surface area (Å²) in [4.78, 5) is 6.87. The van der Waals surface area contributed by atoms with E-state index in [1.807, 2.05) is 19.1 Å². The Bertz CT molecular complexity index is 302. The van der Waals surface area contributed by atoms with Crippen LogP contribution in [0.1, 0.15) is 18.2 Å². The lowest BCUT2D eigenvalue weighted by molar-refractivity contribution is 0.938. The maximum atomic E-state index is 8.13. The summed E-state index contributed by atoms with van der Waals surface area (Å²) >= 11 is 0. The molecule has 0 aromatic carbocycles. The van der Waals surface area contributed by atoms with Gasteiger partial charge in [0.2, 0.25) is 0 Å². The molecule has 1 rings (SSSR count). The van der Waals surface area contributed by atoms with Crippen molar-refractivity contribution in [2.45, 2.75) is 19.9 Å². The van der Waals surface area contributed by atoms with Gasteiger partial charge in [0.1, 0.15) is 0 Å². The molecule has 12 heavy (non-hydrogen) atoms. The van der Waals surface area contributed by atoms with Crippen LogP contribution in [0.15, 0.2) is 23.4 Å². The zero-order valence-corrected chi connectivity index (χ0v) is 6.94. The first kappa shape index (κ1) is 8.56. The first-order chi connectivity index (χ1) is 5.88. The van der Waals surface area contributed by atoms with E-state index < -0.39 is 0 Å². The molecule has 0 amide bonds. The Labute approximate surface area is 70.9 Å². The highest BCUT2D eigenvalue weighted by Gasteiger charge is 1.97. The topological polar surface area (TPSA) is 61.7 Å². The van der Waals surface area contributed by atoms with Crippen LogP contribution in [-0.4, -0.2) is 4.98 Å². The molecule has 0 spiro atoms. The lowest BCUT2D eigenvalue weighted by Crippen LogP contribution is -1.93. The monoisotopic (exact) mass is 162 g/mol. The standard InChI is InChI=1S/C8H10N4/c1-2-8-7(6-11-12-9)4-3-5-10-8/h3-5H,2,6H2,1H3. The van der Waals surface area contributed by atoms with Gasteiger partial charge in [-0.15, -0.1) is 0 Å². The van der Waals surface area contributed by atoms with Crippen molar-refractivity contribution in [3.05, 3.63) is 40.0 Å². The number of nitrogens with zero attached hydrogens (tertiary/aromatic N) is 4. The second-order valence-electron chi connectivity index (χ2n) is 2.35. The maximum Gasteiger partial charge on any atom is 0.0528 e. The van der Waals surface area contributed by atoms with Crippen molar-refractivity contribution in [3.8, 4) is 0 Å². The molecule has 0 aliphatic rings. The molecule has 4 heteroatoms. The molecule has 0 atom stereocenters. The molecule has 0 aliphatic heterocycles. The van der Waals surface area contributed by atoms with Gasteiger partial charge < -0.3 is 0 Å². The molecule has 0 radical (unpaired) electrons. The Kier molecular flexibility index (Phi) is 3.11. The molecule has 0 N–H and O–H groups in total. The van der Waals surface area contributed by atoms with E-state index in [-0.39, 0.29) is 0 Å². The number of hydrogen-bond acceptors (Lipinski definition) is 2. The number of aromatic nitrogens is 1. The average molecular weight is 162 g/mol. The smallest absolute Gasteiger partial charge is 0.0528 e. The largest absolute Gasteiger partial charge is 0.261 e. The van der Waals surface area contributed by atoms with Crippen LogP contribution in [0.25, 0.3) is 10.4 Å². The van der Waals surface area contributed by atoms with Crippen LogP contribution in [0.5, 0.6) is 0 Å². The number of aryl methyl sites for hydroxylation is 1. The van der Waals surface area contributed by atoms with Crippen molar-refractivity contribution in [2.24, 2.45) is 5.11 Å². The van der Waals surface area contributed by atoms with E-state index in [2.05, 4.69) is 15.0 Å². The lowest BCUT2D eigenvalue weighted by atomic mass is 10.1. The first-order valence-corrected chi connectivity index (χ1v) is 3.82. The SMILES string of the molecule is CCc1ncccc1CN=[N+]=[N-]. The van der Waals surface area contributed by atoms with E-state index in [1.54, 1.807) is 6.20 Å². The van der Waals surface area contributed by atoms with Gasteiger partial charge in [0.25, 0.3) is 0 Å². The van der Waals surface area contributed by atoms with Crippen LogP contribution in [0.3, 0.4) is 0 Å². The number of hydrogen-bond donors (Lipinski definition) is 0. The van der Waals surface area contributed by atoms with E-state index >= 15 is 0 Å². The van der Waals surface area contributed by atoms with E-state index in [0.29, 0.717) is 6.54 Å². The summed E-state index contributed by atoms with van der Waals surface area (Å²) in [6.45, 7) is 2.43. The van der Waals surface area contributed by atoms with Gasteiger partial charge in [-0.05, 0) is 23.6 Å². The first-order valence-electron chi connectivity index (χ1n) is 3.82. The molecule has 0 aliphatic carbocycles. The highest BCUT2D eigenvalue weighted by atomic mass is 15.1. The highest BCUT2D eigenvalue weighted by molar-refractivity contribution is 5.19. The Morgan fingerprint density at radius 3 is 3.17 bits per heavy atom. The molecular formula is C8H10N4. The van der Waals surface area contributed by atoms with Crippen molar-refractivity contribution in [1.82, 2.24) is 4.98 Å². The number of pyridine rings is 1. The molecule has 0 bridgehead atoms. The van der Waals surface area contributed by atoms with E-state index in [1.165, 1.54) is 0 Å². The summed E-state index contributed by atoms with van der Waals surface area (Å²) in [6.07, 6.45) is 2.62. The summed E-state index contributed by atoms with van der Waals surface area (Å²) in [6, 6.07) is 3.78. The molecule has 4 nitrogen and oxygen atoms in total. The van der Waals surface area contributed by atoms with Crippen molar-refractivity contribution >= 4 is 0 Å². The van der Waals surface area contributed by atoms with Gasteiger partial charge in [0.05, 0.1) is 6.54 Å². The minimum atomic E-state index is 0.396. The normalized spacial score (nSPS) is 9.08. The zero-order valence-electron chi connectivity index (χ0n) is 6.94. The van der Waals surface area contributed by atoms with Gasteiger partial charge >= 0.3 is 0 Å². The average Bonchev–Trinajstić information content (AvgIpc) is 2.15. The van der Waals surface area contributed by atoms with Gasteiger partial charge in [0.15, 0.2) is 0 Å². The molecule has 1 heterocycles. The third-order valence-corrected chi connectivity index (χ3v) is 1.62. The molecule has 0 fully saturated rings. The van der Waals surface area contributed by atoms with Crippen molar-refractivity contribution < 1.29 is 0 Å². The fourth-order valence-corrected chi connectivity index (χ4v) is 1.04. The summed E-state index contributed by atoms with van der Waals surface area (Å²) in [5, 5.41) is 3.49. The van der Waals surface area contributed by atoms with Crippen LogP contribution in [-0.2, 0) is 13.0 Å². The number of rotatable bonds is 3.